The molecule has 1 heterocycles. The third-order valence-electron chi connectivity index (χ3n) is 4.59. The van der Waals surface area contributed by atoms with Crippen molar-refractivity contribution in [2.75, 3.05) is 27.3 Å². The van der Waals surface area contributed by atoms with Gasteiger partial charge in [0.1, 0.15) is 29.5 Å². The second-order valence-corrected chi connectivity index (χ2v) is 6.82. The first-order valence-electron chi connectivity index (χ1n) is 8.62. The number of rotatable bonds is 6. The molecule has 1 aliphatic heterocycles. The van der Waals surface area contributed by atoms with E-state index in [1.807, 2.05) is 30.3 Å². The molecule has 1 saturated heterocycles. The van der Waals surface area contributed by atoms with Gasteiger partial charge in [-0.05, 0) is 36.8 Å². The van der Waals surface area contributed by atoms with E-state index in [1.54, 1.807) is 26.4 Å². The Hall–Kier alpha value is -1.95. The molecule has 0 radical (unpaired) electrons. The van der Waals surface area contributed by atoms with E-state index in [2.05, 4.69) is 4.90 Å². The molecule has 6 heteroatoms. The fourth-order valence-corrected chi connectivity index (χ4v) is 3.29. The molecule has 1 fully saturated rings. The van der Waals surface area contributed by atoms with E-state index < -0.39 is 6.10 Å². The number of hydrogen-bond donors (Lipinski definition) is 1. The molecule has 0 aromatic heterocycles. The van der Waals surface area contributed by atoms with Crippen LogP contribution in [0.25, 0.3) is 0 Å². The Morgan fingerprint density at radius 2 is 1.81 bits per heavy atom. The molecule has 0 spiro atoms. The minimum atomic E-state index is -0.552. The Labute approximate surface area is 159 Å². The van der Waals surface area contributed by atoms with Crippen molar-refractivity contribution in [3.63, 3.8) is 0 Å². The number of nitrogens with zero attached hydrogens (tertiary/aromatic N) is 1. The minimum Gasteiger partial charge on any atom is -0.497 e. The number of benzene rings is 2. The van der Waals surface area contributed by atoms with E-state index in [0.29, 0.717) is 18.1 Å². The standard InChI is InChI=1S/C20H24ClNO4/c1-24-17-6-3-14(20(11-17)25-2)12-22-10-9-19(18(23)13-22)26-16-7-4-15(21)5-8-16/h3-8,11,18-19,23H,9-10,12-13H2,1-2H3/t18-,19-/m1/s1. The predicted octanol–water partition coefficient (Wildman–Crippen LogP) is 3.37. The summed E-state index contributed by atoms with van der Waals surface area (Å²) in [7, 11) is 3.29. The lowest BCUT2D eigenvalue weighted by molar-refractivity contribution is -0.0276. The number of aliphatic hydroxyl groups excluding tert-OH is 1. The van der Waals surface area contributed by atoms with Gasteiger partial charge in [-0.15, -0.1) is 0 Å². The van der Waals surface area contributed by atoms with Gasteiger partial charge in [-0.2, -0.15) is 0 Å². The zero-order chi connectivity index (χ0) is 18.5. The summed E-state index contributed by atoms with van der Waals surface area (Å²) in [6.07, 6.45) is -0.0173. The summed E-state index contributed by atoms with van der Waals surface area (Å²) in [5.74, 6) is 2.28. The largest absolute Gasteiger partial charge is 0.497 e. The van der Waals surface area contributed by atoms with E-state index in [-0.39, 0.29) is 6.10 Å². The smallest absolute Gasteiger partial charge is 0.127 e. The first-order valence-corrected chi connectivity index (χ1v) is 9.00. The topological polar surface area (TPSA) is 51.2 Å². The number of β-amino-alcohol motifs (C(OH)–C–C–N with tert-alkyl or cyclic N) is 1. The highest BCUT2D eigenvalue weighted by Gasteiger charge is 2.29. The zero-order valence-electron chi connectivity index (χ0n) is 15.0. The SMILES string of the molecule is COc1ccc(CN2CC[C@@H](Oc3ccc(Cl)cc3)[C@H](O)C2)c(OC)c1. The van der Waals surface area contributed by atoms with Crippen LogP contribution >= 0.6 is 11.6 Å². The van der Waals surface area contributed by atoms with Gasteiger partial charge in [0, 0.05) is 36.3 Å². The van der Waals surface area contributed by atoms with E-state index in [9.17, 15) is 5.11 Å². The van der Waals surface area contributed by atoms with E-state index in [4.69, 9.17) is 25.8 Å². The van der Waals surface area contributed by atoms with Crippen LogP contribution in [0.3, 0.4) is 0 Å². The quantitative estimate of drug-likeness (QED) is 0.836. The Balaban J connectivity index is 1.59. The summed E-state index contributed by atoms with van der Waals surface area (Å²) in [5, 5.41) is 11.2. The van der Waals surface area contributed by atoms with Crippen molar-refractivity contribution in [1.29, 1.82) is 0 Å². The summed E-state index contributed by atoms with van der Waals surface area (Å²) in [6, 6.07) is 13.0. The molecular formula is C20H24ClNO4. The molecule has 1 N–H and O–H groups in total. The molecule has 2 aromatic carbocycles. The molecule has 0 saturated carbocycles. The van der Waals surface area contributed by atoms with Crippen molar-refractivity contribution >= 4 is 11.6 Å². The van der Waals surface area contributed by atoms with Gasteiger partial charge in [0.05, 0.1) is 14.2 Å². The number of methoxy groups -OCH3 is 2. The molecule has 26 heavy (non-hydrogen) atoms. The van der Waals surface area contributed by atoms with Crippen molar-refractivity contribution in [1.82, 2.24) is 4.90 Å². The zero-order valence-corrected chi connectivity index (χ0v) is 15.8. The Morgan fingerprint density at radius 3 is 2.46 bits per heavy atom. The fourth-order valence-electron chi connectivity index (χ4n) is 3.17. The number of likely N-dealkylation sites (tertiary alicyclic amines) is 1. The number of ether oxygens (including phenoxy) is 3. The van der Waals surface area contributed by atoms with E-state index >= 15 is 0 Å². The molecule has 2 atom stereocenters. The van der Waals surface area contributed by atoms with Crippen molar-refractivity contribution in [2.24, 2.45) is 0 Å². The van der Waals surface area contributed by atoms with Crippen molar-refractivity contribution in [2.45, 2.75) is 25.2 Å². The normalized spacial score (nSPS) is 20.6. The Bertz CT molecular complexity index is 722. The summed E-state index contributed by atoms with van der Waals surface area (Å²) < 4.78 is 16.6. The van der Waals surface area contributed by atoms with Crippen LogP contribution in [0.4, 0.5) is 0 Å². The van der Waals surface area contributed by atoms with Gasteiger partial charge in [-0.25, -0.2) is 0 Å². The van der Waals surface area contributed by atoms with Gasteiger partial charge in [-0.1, -0.05) is 17.7 Å². The second-order valence-electron chi connectivity index (χ2n) is 6.38. The lowest BCUT2D eigenvalue weighted by Crippen LogP contribution is -2.48. The minimum absolute atomic E-state index is 0.217. The Morgan fingerprint density at radius 1 is 1.08 bits per heavy atom. The summed E-state index contributed by atoms with van der Waals surface area (Å²) >= 11 is 5.89. The van der Waals surface area contributed by atoms with Gasteiger partial charge >= 0.3 is 0 Å². The maximum Gasteiger partial charge on any atom is 0.127 e. The lowest BCUT2D eigenvalue weighted by atomic mass is 10.0. The van der Waals surface area contributed by atoms with Crippen LogP contribution in [0.15, 0.2) is 42.5 Å². The molecular weight excluding hydrogens is 354 g/mol. The number of aliphatic hydroxyl groups is 1. The molecule has 2 aromatic rings. The summed E-state index contributed by atoms with van der Waals surface area (Å²) in [6.45, 7) is 2.09. The van der Waals surface area contributed by atoms with Crippen LogP contribution in [0.2, 0.25) is 5.02 Å². The Kier molecular flexibility index (Phi) is 6.25. The lowest BCUT2D eigenvalue weighted by Gasteiger charge is -2.36. The van der Waals surface area contributed by atoms with Crippen molar-refractivity contribution in [3.05, 3.63) is 53.1 Å². The highest BCUT2D eigenvalue weighted by molar-refractivity contribution is 6.30. The van der Waals surface area contributed by atoms with Crippen LogP contribution in [0.5, 0.6) is 17.2 Å². The van der Waals surface area contributed by atoms with Gasteiger partial charge in [0.25, 0.3) is 0 Å². The van der Waals surface area contributed by atoms with Gasteiger partial charge in [0.2, 0.25) is 0 Å². The first-order chi connectivity index (χ1) is 12.6. The average molecular weight is 378 g/mol. The third-order valence-corrected chi connectivity index (χ3v) is 4.85. The molecule has 140 valence electrons. The molecule has 0 amide bonds. The molecule has 0 bridgehead atoms. The van der Waals surface area contributed by atoms with Crippen LogP contribution in [0.1, 0.15) is 12.0 Å². The van der Waals surface area contributed by atoms with Crippen LogP contribution < -0.4 is 14.2 Å². The fraction of sp³-hybridized carbons (Fsp3) is 0.400. The van der Waals surface area contributed by atoms with Crippen molar-refractivity contribution in [3.8, 4) is 17.2 Å². The summed E-state index contributed by atoms with van der Waals surface area (Å²) in [5.41, 5.74) is 1.07. The van der Waals surface area contributed by atoms with Crippen molar-refractivity contribution < 1.29 is 19.3 Å². The van der Waals surface area contributed by atoms with Gasteiger partial charge < -0.3 is 19.3 Å². The van der Waals surface area contributed by atoms with Crippen LogP contribution in [0, 0.1) is 0 Å². The van der Waals surface area contributed by atoms with E-state index in [1.165, 1.54) is 0 Å². The molecule has 5 nitrogen and oxygen atoms in total. The average Bonchev–Trinajstić information content (AvgIpc) is 2.66. The predicted molar refractivity (Wildman–Crippen MR) is 101 cm³/mol. The molecule has 3 rings (SSSR count). The van der Waals surface area contributed by atoms with Gasteiger partial charge in [-0.3, -0.25) is 4.90 Å². The third kappa shape index (κ3) is 4.61. The van der Waals surface area contributed by atoms with Crippen LogP contribution in [-0.4, -0.2) is 49.5 Å². The molecule has 1 aliphatic rings. The maximum absolute atomic E-state index is 10.5. The summed E-state index contributed by atoms with van der Waals surface area (Å²) in [4.78, 5) is 2.21. The first kappa shape index (κ1) is 18.8. The highest BCUT2D eigenvalue weighted by Crippen LogP contribution is 2.27. The van der Waals surface area contributed by atoms with E-state index in [0.717, 1.165) is 35.8 Å². The number of piperidine rings is 1. The van der Waals surface area contributed by atoms with Crippen LogP contribution in [-0.2, 0) is 6.54 Å². The van der Waals surface area contributed by atoms with Gasteiger partial charge in [0.15, 0.2) is 0 Å². The molecule has 0 aliphatic carbocycles. The number of halogens is 1. The second kappa shape index (κ2) is 8.62. The maximum atomic E-state index is 10.5. The number of hydrogen-bond acceptors (Lipinski definition) is 5. The molecule has 0 unspecified atom stereocenters. The highest BCUT2D eigenvalue weighted by atomic mass is 35.5. The monoisotopic (exact) mass is 377 g/mol.